The van der Waals surface area contributed by atoms with Crippen LogP contribution in [0.3, 0.4) is 0 Å². The molecule has 3 aromatic rings. The molecule has 0 unspecified atom stereocenters. The largest absolute Gasteiger partial charge is 0.298 e. The Morgan fingerprint density at radius 1 is 0.526 bits per heavy atom. The van der Waals surface area contributed by atoms with Gasteiger partial charge in [-0.3, -0.25) is 14.4 Å². The summed E-state index contributed by atoms with van der Waals surface area (Å²) in [6, 6.07) is 6.51. The number of hydrogen-bond donors (Lipinski definition) is 0. The minimum Gasteiger partial charge on any atom is -0.298 e. The molecule has 200 valence electrons. The average molecular weight is 527 g/mol. The van der Waals surface area contributed by atoms with Crippen LogP contribution in [-0.2, 0) is 19.3 Å². The van der Waals surface area contributed by atoms with Crippen molar-refractivity contribution >= 4 is 42.5 Å². The molecular formula is C34H42O3Si. The molecule has 0 N–H and O–H groups in total. The lowest BCUT2D eigenvalue weighted by molar-refractivity contribution is 0.111. The van der Waals surface area contributed by atoms with Gasteiger partial charge in [-0.25, -0.2) is 0 Å². The Kier molecular flexibility index (Phi) is 8.78. The van der Waals surface area contributed by atoms with E-state index in [2.05, 4.69) is 66.3 Å². The van der Waals surface area contributed by atoms with Crippen LogP contribution in [-0.4, -0.2) is 26.9 Å². The van der Waals surface area contributed by atoms with Gasteiger partial charge >= 0.3 is 0 Å². The van der Waals surface area contributed by atoms with Crippen molar-refractivity contribution in [1.29, 1.82) is 0 Å². The molecule has 0 spiro atoms. The zero-order valence-electron chi connectivity index (χ0n) is 24.8. The maximum Gasteiger partial charge on any atom is 0.150 e. The zero-order chi connectivity index (χ0) is 28.5. The summed E-state index contributed by atoms with van der Waals surface area (Å²) in [6.45, 7) is 21.0. The number of aldehydes is 3. The van der Waals surface area contributed by atoms with Crippen LogP contribution in [0, 0.1) is 41.5 Å². The first-order chi connectivity index (χ1) is 18.0. The first-order valence-electron chi connectivity index (χ1n) is 13.7. The fourth-order valence-corrected chi connectivity index (χ4v) is 11.6. The van der Waals surface area contributed by atoms with Crippen molar-refractivity contribution in [3.8, 4) is 0 Å². The SMILES string of the molecule is CCc1c(C)cc([Si](C)(c2cc(C)c(CC)c(C)c2C=O)c2cc(C)c(CC)c(C)c2C=O)c(C=O)c1C. The lowest BCUT2D eigenvalue weighted by Gasteiger charge is -2.36. The summed E-state index contributed by atoms with van der Waals surface area (Å²) < 4.78 is 0. The molecule has 0 saturated heterocycles. The summed E-state index contributed by atoms with van der Waals surface area (Å²) in [5.41, 5.74) is 12.0. The number of hydrogen-bond acceptors (Lipinski definition) is 3. The quantitative estimate of drug-likeness (QED) is 0.202. The van der Waals surface area contributed by atoms with E-state index in [4.69, 9.17) is 0 Å². The molecule has 0 aromatic heterocycles. The van der Waals surface area contributed by atoms with Gasteiger partial charge in [-0.2, -0.15) is 0 Å². The molecule has 3 nitrogen and oxygen atoms in total. The van der Waals surface area contributed by atoms with Gasteiger partial charge in [0, 0.05) is 16.7 Å². The van der Waals surface area contributed by atoms with Crippen molar-refractivity contribution in [3.63, 3.8) is 0 Å². The Hall–Kier alpha value is -3.11. The molecule has 4 heteroatoms. The summed E-state index contributed by atoms with van der Waals surface area (Å²) in [5.74, 6) is 0. The summed E-state index contributed by atoms with van der Waals surface area (Å²) in [4.78, 5) is 38.4. The predicted octanol–water partition coefficient (Wildman–Crippen LogP) is 5.76. The summed E-state index contributed by atoms with van der Waals surface area (Å²) in [7, 11) is -3.06. The Bertz CT molecular complexity index is 1270. The molecule has 0 aliphatic rings. The van der Waals surface area contributed by atoms with Gasteiger partial charge < -0.3 is 0 Å². The normalized spacial score (nSPS) is 11.5. The molecule has 3 aromatic carbocycles. The van der Waals surface area contributed by atoms with E-state index >= 15 is 0 Å². The molecule has 0 aliphatic carbocycles. The highest BCUT2D eigenvalue weighted by molar-refractivity contribution is 7.12. The number of benzene rings is 3. The number of carbonyl (C=O) groups is 3. The molecule has 0 bridgehead atoms. The lowest BCUT2D eigenvalue weighted by Crippen LogP contribution is -2.68. The van der Waals surface area contributed by atoms with Crippen LogP contribution >= 0.6 is 0 Å². The van der Waals surface area contributed by atoms with E-state index in [1.54, 1.807) is 0 Å². The molecule has 0 aliphatic heterocycles. The maximum absolute atomic E-state index is 12.8. The highest BCUT2D eigenvalue weighted by atomic mass is 28.3. The molecule has 0 heterocycles. The third-order valence-electron chi connectivity index (χ3n) is 8.98. The average Bonchev–Trinajstić information content (AvgIpc) is 2.88. The number of aryl methyl sites for hydroxylation is 3. The first-order valence-corrected chi connectivity index (χ1v) is 16.2. The third-order valence-corrected chi connectivity index (χ3v) is 13.5. The second kappa shape index (κ2) is 11.3. The van der Waals surface area contributed by atoms with Gasteiger partial charge in [0.25, 0.3) is 0 Å². The monoisotopic (exact) mass is 526 g/mol. The van der Waals surface area contributed by atoms with Crippen LogP contribution < -0.4 is 15.6 Å². The fraction of sp³-hybridized carbons (Fsp3) is 0.382. The lowest BCUT2D eigenvalue weighted by atomic mass is 9.95. The first kappa shape index (κ1) is 29.4. The van der Waals surface area contributed by atoms with Crippen molar-refractivity contribution in [2.75, 3.05) is 0 Å². The standard InChI is InChI=1S/C34H42O3Si/c1-11-26-20(4)14-32(29(17-35)23(26)7)38(10,33-15-21(5)27(12-2)24(8)30(33)18-36)34-16-22(6)28(13-3)25(9)31(34)19-37/h14-19H,11-13H2,1-10H3. The van der Waals surface area contributed by atoms with Gasteiger partial charge in [0.1, 0.15) is 26.9 Å². The van der Waals surface area contributed by atoms with Gasteiger partial charge in [0.15, 0.2) is 0 Å². The van der Waals surface area contributed by atoms with Gasteiger partial charge in [-0.15, -0.1) is 0 Å². The molecule has 0 atom stereocenters. The van der Waals surface area contributed by atoms with E-state index in [9.17, 15) is 14.4 Å². The minimum atomic E-state index is -3.06. The molecule has 3 rings (SSSR count). The summed E-state index contributed by atoms with van der Waals surface area (Å²) in [5, 5.41) is 2.91. The molecule has 38 heavy (non-hydrogen) atoms. The van der Waals surface area contributed by atoms with Crippen molar-refractivity contribution in [2.24, 2.45) is 0 Å². The van der Waals surface area contributed by atoms with E-state index < -0.39 is 8.07 Å². The second-order valence-electron chi connectivity index (χ2n) is 10.8. The predicted molar refractivity (Wildman–Crippen MR) is 163 cm³/mol. The zero-order valence-corrected chi connectivity index (χ0v) is 25.8. The van der Waals surface area contributed by atoms with Gasteiger partial charge in [-0.05, 0) is 126 Å². The second-order valence-corrected chi connectivity index (χ2v) is 14.7. The van der Waals surface area contributed by atoms with Crippen molar-refractivity contribution in [1.82, 2.24) is 0 Å². The van der Waals surface area contributed by atoms with E-state index in [-0.39, 0.29) is 0 Å². The van der Waals surface area contributed by atoms with Crippen LogP contribution in [0.4, 0.5) is 0 Å². The van der Waals surface area contributed by atoms with Gasteiger partial charge in [0.2, 0.25) is 0 Å². The smallest absolute Gasteiger partial charge is 0.150 e. The number of carbonyl (C=O) groups excluding carboxylic acids is 3. The molecule has 0 fully saturated rings. The highest BCUT2D eigenvalue weighted by Gasteiger charge is 2.42. The summed E-state index contributed by atoms with van der Waals surface area (Å²) in [6.07, 6.45) is 5.46. The van der Waals surface area contributed by atoms with Crippen molar-refractivity contribution in [2.45, 2.75) is 88.1 Å². The maximum atomic E-state index is 12.8. The highest BCUT2D eigenvalue weighted by Crippen LogP contribution is 2.26. The fourth-order valence-electron chi connectivity index (χ4n) is 6.89. The molecule has 0 saturated carbocycles. The Balaban J connectivity index is 2.72. The third kappa shape index (κ3) is 4.43. The number of rotatable bonds is 9. The summed E-state index contributed by atoms with van der Waals surface area (Å²) >= 11 is 0. The van der Waals surface area contributed by atoms with E-state index in [0.717, 1.165) is 87.1 Å². The molecule has 0 radical (unpaired) electrons. The molecular weight excluding hydrogens is 484 g/mol. The van der Waals surface area contributed by atoms with Crippen molar-refractivity contribution < 1.29 is 14.4 Å². The Morgan fingerprint density at radius 3 is 0.947 bits per heavy atom. The van der Waals surface area contributed by atoms with Gasteiger partial charge in [-0.1, -0.05) is 45.5 Å². The van der Waals surface area contributed by atoms with Crippen molar-refractivity contribution in [3.05, 3.63) is 85.0 Å². The van der Waals surface area contributed by atoms with Gasteiger partial charge in [0.05, 0.1) is 0 Å². The minimum absolute atomic E-state index is 0.695. The van der Waals surface area contributed by atoms with Crippen LogP contribution in [0.25, 0.3) is 0 Å². The van der Waals surface area contributed by atoms with Crippen LogP contribution in [0.2, 0.25) is 6.55 Å². The van der Waals surface area contributed by atoms with Crippen LogP contribution in [0.5, 0.6) is 0 Å². The van der Waals surface area contributed by atoms with Crippen LogP contribution in [0.1, 0.15) is 102 Å². The Labute approximate surface area is 229 Å². The van der Waals surface area contributed by atoms with Crippen LogP contribution in [0.15, 0.2) is 18.2 Å². The van der Waals surface area contributed by atoms with E-state index in [1.807, 2.05) is 20.8 Å². The Morgan fingerprint density at radius 2 is 0.763 bits per heavy atom. The molecule has 0 amide bonds. The topological polar surface area (TPSA) is 51.2 Å². The van der Waals surface area contributed by atoms with E-state index in [1.165, 1.54) is 16.7 Å². The van der Waals surface area contributed by atoms with E-state index in [0.29, 0.717) is 16.7 Å².